The van der Waals surface area contributed by atoms with E-state index in [9.17, 15) is 4.79 Å². The molecule has 19 heavy (non-hydrogen) atoms. The molecule has 0 aromatic heterocycles. The second kappa shape index (κ2) is 6.73. The van der Waals surface area contributed by atoms with E-state index >= 15 is 0 Å². The molecule has 1 atom stereocenters. The molecule has 1 fully saturated rings. The van der Waals surface area contributed by atoms with E-state index < -0.39 is 0 Å². The number of nitrogens with zero attached hydrogens (tertiary/aromatic N) is 1. The molecule has 0 N–H and O–H groups in total. The van der Waals surface area contributed by atoms with Crippen molar-refractivity contribution < 1.29 is 9.53 Å². The normalized spacial score (nSPS) is 19.5. The molecular formula is C14H17BrClNO2. The minimum atomic E-state index is 0.0433. The molecule has 1 aliphatic rings. The van der Waals surface area contributed by atoms with Gasteiger partial charge < -0.3 is 9.64 Å². The van der Waals surface area contributed by atoms with Gasteiger partial charge in [0.15, 0.2) is 0 Å². The summed E-state index contributed by atoms with van der Waals surface area (Å²) in [6.07, 6.45) is 2.19. The number of amides is 1. The molecule has 1 saturated heterocycles. The van der Waals surface area contributed by atoms with Crippen molar-refractivity contribution in [2.45, 2.75) is 25.9 Å². The van der Waals surface area contributed by atoms with Gasteiger partial charge in [0.05, 0.1) is 11.1 Å². The summed E-state index contributed by atoms with van der Waals surface area (Å²) < 4.78 is 6.37. The van der Waals surface area contributed by atoms with Crippen molar-refractivity contribution in [1.29, 1.82) is 0 Å². The van der Waals surface area contributed by atoms with Gasteiger partial charge in [0, 0.05) is 29.7 Å². The molecule has 3 nitrogen and oxygen atoms in total. The van der Waals surface area contributed by atoms with E-state index in [1.165, 1.54) is 0 Å². The minimum absolute atomic E-state index is 0.0433. The Morgan fingerprint density at radius 3 is 3.05 bits per heavy atom. The Morgan fingerprint density at radius 2 is 2.37 bits per heavy atom. The van der Waals surface area contributed by atoms with Crippen molar-refractivity contribution in [3.05, 3.63) is 33.3 Å². The Kier molecular flexibility index (Phi) is 5.25. The van der Waals surface area contributed by atoms with Crippen LogP contribution in [0.1, 0.15) is 30.1 Å². The summed E-state index contributed by atoms with van der Waals surface area (Å²) in [5, 5.41) is 0.613. The van der Waals surface area contributed by atoms with Gasteiger partial charge in [0.2, 0.25) is 0 Å². The van der Waals surface area contributed by atoms with Gasteiger partial charge in [-0.05, 0) is 53.9 Å². The molecule has 0 radical (unpaired) electrons. The molecule has 1 aliphatic heterocycles. The standard InChI is InChI=1S/C14H17BrClNO2/c1-2-19-11-4-3-7-17(9-11)14(18)10-5-6-13(16)12(15)8-10/h5-6,8,11H,2-4,7,9H2,1H3. The highest BCUT2D eigenvalue weighted by Gasteiger charge is 2.24. The predicted octanol–water partition coefficient (Wildman–Crippen LogP) is 3.74. The number of halogens is 2. The summed E-state index contributed by atoms with van der Waals surface area (Å²) in [4.78, 5) is 14.3. The third-order valence-electron chi connectivity index (χ3n) is 3.23. The van der Waals surface area contributed by atoms with Crippen molar-refractivity contribution >= 4 is 33.4 Å². The van der Waals surface area contributed by atoms with Crippen molar-refractivity contribution in [2.75, 3.05) is 19.7 Å². The van der Waals surface area contributed by atoms with Gasteiger partial charge in [-0.15, -0.1) is 0 Å². The molecule has 1 unspecified atom stereocenters. The van der Waals surface area contributed by atoms with Crippen molar-refractivity contribution in [3.63, 3.8) is 0 Å². The molecule has 1 aromatic rings. The van der Waals surface area contributed by atoms with Gasteiger partial charge in [-0.3, -0.25) is 4.79 Å². The van der Waals surface area contributed by atoms with Crippen LogP contribution >= 0.6 is 27.5 Å². The van der Waals surface area contributed by atoms with E-state index in [0.717, 1.165) is 23.9 Å². The van der Waals surface area contributed by atoms with Crippen LogP contribution in [-0.2, 0) is 4.74 Å². The van der Waals surface area contributed by atoms with Gasteiger partial charge in [-0.1, -0.05) is 11.6 Å². The van der Waals surface area contributed by atoms with Crippen LogP contribution in [0.15, 0.2) is 22.7 Å². The van der Waals surface area contributed by atoms with Gasteiger partial charge >= 0.3 is 0 Å². The summed E-state index contributed by atoms with van der Waals surface area (Å²) in [6.45, 7) is 4.14. The fourth-order valence-corrected chi connectivity index (χ4v) is 2.80. The van der Waals surface area contributed by atoms with E-state index in [1.54, 1.807) is 18.2 Å². The first-order valence-electron chi connectivity index (χ1n) is 6.47. The zero-order valence-electron chi connectivity index (χ0n) is 10.9. The number of likely N-dealkylation sites (tertiary alicyclic amines) is 1. The number of hydrogen-bond donors (Lipinski definition) is 0. The summed E-state index contributed by atoms with van der Waals surface area (Å²) in [5.41, 5.74) is 0.661. The number of benzene rings is 1. The number of ether oxygens (including phenoxy) is 1. The highest BCUT2D eigenvalue weighted by Crippen LogP contribution is 2.24. The summed E-state index contributed by atoms with van der Waals surface area (Å²) >= 11 is 9.29. The highest BCUT2D eigenvalue weighted by atomic mass is 79.9. The molecule has 0 aliphatic carbocycles. The lowest BCUT2D eigenvalue weighted by atomic mass is 10.1. The van der Waals surface area contributed by atoms with Gasteiger partial charge in [-0.2, -0.15) is 0 Å². The van der Waals surface area contributed by atoms with Crippen LogP contribution in [-0.4, -0.2) is 36.6 Å². The number of carbonyl (C=O) groups is 1. The van der Waals surface area contributed by atoms with Crippen LogP contribution in [0.4, 0.5) is 0 Å². The number of piperidine rings is 1. The molecular weight excluding hydrogens is 330 g/mol. The quantitative estimate of drug-likeness (QED) is 0.834. The highest BCUT2D eigenvalue weighted by molar-refractivity contribution is 9.10. The van der Waals surface area contributed by atoms with Crippen molar-refractivity contribution in [3.8, 4) is 0 Å². The third kappa shape index (κ3) is 3.71. The predicted molar refractivity (Wildman–Crippen MR) is 79.7 cm³/mol. The number of rotatable bonds is 3. The summed E-state index contributed by atoms with van der Waals surface area (Å²) in [6, 6.07) is 5.28. The molecule has 5 heteroatoms. The van der Waals surface area contributed by atoms with E-state index in [2.05, 4.69) is 15.9 Å². The summed E-state index contributed by atoms with van der Waals surface area (Å²) in [7, 11) is 0. The van der Waals surface area contributed by atoms with Gasteiger partial charge in [0.1, 0.15) is 0 Å². The molecule has 0 saturated carbocycles. The van der Waals surface area contributed by atoms with E-state index in [4.69, 9.17) is 16.3 Å². The smallest absolute Gasteiger partial charge is 0.253 e. The average molecular weight is 347 g/mol. The monoisotopic (exact) mass is 345 g/mol. The maximum Gasteiger partial charge on any atom is 0.253 e. The zero-order valence-corrected chi connectivity index (χ0v) is 13.2. The first-order chi connectivity index (χ1) is 9.11. The van der Waals surface area contributed by atoms with E-state index in [-0.39, 0.29) is 12.0 Å². The van der Waals surface area contributed by atoms with Crippen LogP contribution in [0.25, 0.3) is 0 Å². The molecule has 1 amide bonds. The lowest BCUT2D eigenvalue weighted by Crippen LogP contribution is -2.43. The van der Waals surface area contributed by atoms with E-state index in [1.807, 2.05) is 11.8 Å². The SMILES string of the molecule is CCOC1CCCN(C(=O)c2ccc(Cl)c(Br)c2)C1. The molecule has 1 heterocycles. The number of carbonyl (C=O) groups excluding carboxylic acids is 1. The van der Waals surface area contributed by atoms with E-state index in [0.29, 0.717) is 23.7 Å². The van der Waals surface area contributed by atoms with Crippen LogP contribution in [0.5, 0.6) is 0 Å². The molecule has 2 rings (SSSR count). The number of hydrogen-bond acceptors (Lipinski definition) is 2. The fraction of sp³-hybridized carbons (Fsp3) is 0.500. The minimum Gasteiger partial charge on any atom is -0.377 e. The van der Waals surface area contributed by atoms with Crippen molar-refractivity contribution in [2.24, 2.45) is 0 Å². The van der Waals surface area contributed by atoms with Crippen molar-refractivity contribution in [1.82, 2.24) is 4.90 Å². The largest absolute Gasteiger partial charge is 0.377 e. The second-order valence-electron chi connectivity index (χ2n) is 4.60. The Morgan fingerprint density at radius 1 is 1.58 bits per heavy atom. The zero-order chi connectivity index (χ0) is 13.8. The fourth-order valence-electron chi connectivity index (χ4n) is 2.31. The van der Waals surface area contributed by atoms with Crippen LogP contribution in [0, 0.1) is 0 Å². The van der Waals surface area contributed by atoms with Gasteiger partial charge in [-0.25, -0.2) is 0 Å². The topological polar surface area (TPSA) is 29.5 Å². The Labute approximate surface area is 127 Å². The third-order valence-corrected chi connectivity index (χ3v) is 4.45. The maximum atomic E-state index is 12.4. The molecule has 104 valence electrons. The molecule has 0 spiro atoms. The lowest BCUT2D eigenvalue weighted by Gasteiger charge is -2.32. The Balaban J connectivity index is 2.08. The van der Waals surface area contributed by atoms with Crippen LogP contribution in [0.3, 0.4) is 0 Å². The Hall–Kier alpha value is -0.580. The van der Waals surface area contributed by atoms with Crippen LogP contribution < -0.4 is 0 Å². The molecule has 0 bridgehead atoms. The Bertz CT molecular complexity index is 465. The first kappa shape index (κ1) is 14.8. The second-order valence-corrected chi connectivity index (χ2v) is 5.86. The average Bonchev–Trinajstić information content (AvgIpc) is 2.42. The van der Waals surface area contributed by atoms with Gasteiger partial charge in [0.25, 0.3) is 5.91 Å². The lowest BCUT2D eigenvalue weighted by molar-refractivity contribution is 0.00724. The maximum absolute atomic E-state index is 12.4. The molecule has 1 aromatic carbocycles. The first-order valence-corrected chi connectivity index (χ1v) is 7.65. The summed E-state index contributed by atoms with van der Waals surface area (Å²) in [5.74, 6) is 0.0433. The van der Waals surface area contributed by atoms with Crippen LogP contribution in [0.2, 0.25) is 5.02 Å².